The average molecular weight is 431 g/mol. The maximum Gasteiger partial charge on any atom is 0.227 e. The molecule has 0 saturated heterocycles. The summed E-state index contributed by atoms with van der Waals surface area (Å²) in [7, 11) is 0. The Morgan fingerprint density at radius 3 is 2.53 bits per heavy atom. The van der Waals surface area contributed by atoms with E-state index in [4.69, 9.17) is 9.47 Å². The van der Waals surface area contributed by atoms with Crippen molar-refractivity contribution in [2.75, 3.05) is 18.1 Å². The zero-order valence-corrected chi connectivity index (χ0v) is 17.8. The van der Waals surface area contributed by atoms with Gasteiger partial charge in [-0.2, -0.15) is 0 Å². The molecule has 1 heterocycles. The predicted molar refractivity (Wildman–Crippen MR) is 123 cm³/mol. The van der Waals surface area contributed by atoms with Crippen LogP contribution in [0.4, 0.5) is 5.69 Å². The largest absolute Gasteiger partial charge is 0.490 e. The Kier molecular flexibility index (Phi) is 7.02. The second-order valence-corrected chi connectivity index (χ2v) is 7.52. The minimum absolute atomic E-state index is 0.0810. The number of anilines is 1. The average Bonchev–Trinajstić information content (AvgIpc) is 2.85. The first-order chi connectivity index (χ1) is 15.7. The van der Waals surface area contributed by atoms with E-state index in [-0.39, 0.29) is 24.7 Å². The molecule has 0 radical (unpaired) electrons. The molecule has 0 atom stereocenters. The first-order valence-corrected chi connectivity index (χ1v) is 10.7. The molecule has 2 amide bonds. The SMILES string of the molecule is O=C(CCC(=O)N1CCOc2ccccc21)NCc1ccccc1OCc1ccccc1. The number of carbonyl (C=O) groups excluding carboxylic acids is 2. The van der Waals surface area contributed by atoms with Crippen LogP contribution in [0.5, 0.6) is 11.5 Å². The quantitative estimate of drug-likeness (QED) is 0.585. The van der Waals surface area contributed by atoms with E-state index < -0.39 is 0 Å². The van der Waals surface area contributed by atoms with Crippen molar-refractivity contribution in [3.8, 4) is 11.5 Å². The van der Waals surface area contributed by atoms with Gasteiger partial charge in [0.05, 0.1) is 12.2 Å². The van der Waals surface area contributed by atoms with Gasteiger partial charge in [0.15, 0.2) is 0 Å². The van der Waals surface area contributed by atoms with Gasteiger partial charge in [0.25, 0.3) is 0 Å². The van der Waals surface area contributed by atoms with Crippen LogP contribution < -0.4 is 19.7 Å². The molecule has 6 heteroatoms. The van der Waals surface area contributed by atoms with Gasteiger partial charge < -0.3 is 19.7 Å². The van der Waals surface area contributed by atoms with Gasteiger partial charge in [0.2, 0.25) is 11.8 Å². The van der Waals surface area contributed by atoms with Gasteiger partial charge in [-0.15, -0.1) is 0 Å². The highest BCUT2D eigenvalue weighted by molar-refractivity contribution is 5.97. The summed E-state index contributed by atoms with van der Waals surface area (Å²) in [5.41, 5.74) is 2.73. The first-order valence-electron chi connectivity index (χ1n) is 10.7. The summed E-state index contributed by atoms with van der Waals surface area (Å²) in [6, 6.07) is 25.0. The van der Waals surface area contributed by atoms with Crippen LogP contribution in [-0.4, -0.2) is 25.0 Å². The molecule has 1 aliphatic heterocycles. The van der Waals surface area contributed by atoms with Crippen LogP contribution in [0.2, 0.25) is 0 Å². The van der Waals surface area contributed by atoms with Crippen LogP contribution in [0.25, 0.3) is 0 Å². The molecule has 0 unspecified atom stereocenters. The number of para-hydroxylation sites is 3. The number of nitrogens with one attached hydrogen (secondary N) is 1. The third-order valence-corrected chi connectivity index (χ3v) is 5.28. The zero-order valence-electron chi connectivity index (χ0n) is 17.8. The number of carbonyl (C=O) groups is 2. The van der Waals surface area contributed by atoms with Crippen LogP contribution in [0.3, 0.4) is 0 Å². The molecule has 1 aliphatic rings. The van der Waals surface area contributed by atoms with E-state index in [9.17, 15) is 9.59 Å². The van der Waals surface area contributed by atoms with E-state index in [0.717, 1.165) is 22.6 Å². The summed E-state index contributed by atoms with van der Waals surface area (Å²) in [6.45, 7) is 1.75. The molecule has 0 spiro atoms. The summed E-state index contributed by atoms with van der Waals surface area (Å²) in [4.78, 5) is 26.8. The molecular formula is C26H26N2O4. The third kappa shape index (κ3) is 5.46. The fourth-order valence-corrected chi connectivity index (χ4v) is 3.59. The third-order valence-electron chi connectivity index (χ3n) is 5.28. The Hall–Kier alpha value is -3.80. The summed E-state index contributed by atoms with van der Waals surface area (Å²) >= 11 is 0. The topological polar surface area (TPSA) is 67.9 Å². The predicted octanol–water partition coefficient (Wildman–Crippen LogP) is 4.09. The van der Waals surface area contributed by atoms with Gasteiger partial charge in [-0.3, -0.25) is 9.59 Å². The molecule has 164 valence electrons. The summed E-state index contributed by atoms with van der Waals surface area (Å²) in [5, 5.41) is 2.90. The van der Waals surface area contributed by atoms with Crippen molar-refractivity contribution in [3.05, 3.63) is 90.0 Å². The number of benzene rings is 3. The van der Waals surface area contributed by atoms with Gasteiger partial charge in [-0.25, -0.2) is 0 Å². The number of amides is 2. The van der Waals surface area contributed by atoms with Crippen molar-refractivity contribution in [3.63, 3.8) is 0 Å². The molecule has 3 aromatic rings. The molecule has 4 rings (SSSR count). The molecule has 0 saturated carbocycles. The van der Waals surface area contributed by atoms with Crippen LogP contribution in [-0.2, 0) is 22.7 Å². The molecule has 0 aromatic heterocycles. The number of fused-ring (bicyclic) bond motifs is 1. The summed E-state index contributed by atoms with van der Waals surface area (Å²) in [5.74, 6) is 1.18. The molecule has 3 aromatic carbocycles. The highest BCUT2D eigenvalue weighted by atomic mass is 16.5. The number of rotatable bonds is 8. The number of hydrogen-bond donors (Lipinski definition) is 1. The molecule has 6 nitrogen and oxygen atoms in total. The van der Waals surface area contributed by atoms with E-state index in [0.29, 0.717) is 32.1 Å². The van der Waals surface area contributed by atoms with E-state index in [2.05, 4.69) is 5.32 Å². The Bertz CT molecular complexity index is 1070. The number of ether oxygens (including phenoxy) is 2. The van der Waals surface area contributed by atoms with Gasteiger partial charge in [-0.05, 0) is 23.8 Å². The lowest BCUT2D eigenvalue weighted by Crippen LogP contribution is -2.38. The lowest BCUT2D eigenvalue weighted by molar-refractivity contribution is -0.125. The van der Waals surface area contributed by atoms with Crippen molar-refractivity contribution in [2.24, 2.45) is 0 Å². The Labute approximate surface area is 187 Å². The van der Waals surface area contributed by atoms with E-state index in [1.54, 1.807) is 4.90 Å². The van der Waals surface area contributed by atoms with Crippen molar-refractivity contribution < 1.29 is 19.1 Å². The Balaban J connectivity index is 1.27. The fourth-order valence-electron chi connectivity index (χ4n) is 3.59. The van der Waals surface area contributed by atoms with Gasteiger partial charge in [0.1, 0.15) is 24.7 Å². The Morgan fingerprint density at radius 1 is 0.906 bits per heavy atom. The highest BCUT2D eigenvalue weighted by Crippen LogP contribution is 2.31. The monoisotopic (exact) mass is 430 g/mol. The zero-order chi connectivity index (χ0) is 22.2. The molecular weight excluding hydrogens is 404 g/mol. The first kappa shape index (κ1) is 21.4. The summed E-state index contributed by atoms with van der Waals surface area (Å²) < 4.78 is 11.5. The molecule has 1 N–H and O–H groups in total. The van der Waals surface area contributed by atoms with E-state index in [1.807, 2.05) is 78.9 Å². The normalized spacial score (nSPS) is 12.4. The van der Waals surface area contributed by atoms with Crippen molar-refractivity contribution in [2.45, 2.75) is 26.0 Å². The highest BCUT2D eigenvalue weighted by Gasteiger charge is 2.23. The number of hydrogen-bond acceptors (Lipinski definition) is 4. The molecule has 0 bridgehead atoms. The van der Waals surface area contributed by atoms with Crippen LogP contribution in [0, 0.1) is 0 Å². The van der Waals surface area contributed by atoms with E-state index >= 15 is 0 Å². The van der Waals surface area contributed by atoms with Gasteiger partial charge in [0, 0.05) is 24.9 Å². The number of nitrogens with zero attached hydrogens (tertiary/aromatic N) is 1. The molecule has 32 heavy (non-hydrogen) atoms. The minimum Gasteiger partial charge on any atom is -0.490 e. The van der Waals surface area contributed by atoms with Crippen LogP contribution in [0.1, 0.15) is 24.0 Å². The van der Waals surface area contributed by atoms with Crippen molar-refractivity contribution >= 4 is 17.5 Å². The van der Waals surface area contributed by atoms with Gasteiger partial charge in [-0.1, -0.05) is 60.7 Å². The standard InChI is InChI=1S/C26H26N2O4/c29-25(14-15-26(30)28-16-17-31-24-13-7-5-11-22(24)28)27-18-21-10-4-6-12-23(21)32-19-20-8-2-1-3-9-20/h1-13H,14-19H2,(H,27,29). The summed E-state index contributed by atoms with van der Waals surface area (Å²) in [6.07, 6.45) is 0.276. The van der Waals surface area contributed by atoms with Crippen LogP contribution >= 0.6 is 0 Å². The minimum atomic E-state index is -0.169. The van der Waals surface area contributed by atoms with Gasteiger partial charge >= 0.3 is 0 Å². The lowest BCUT2D eigenvalue weighted by Gasteiger charge is -2.29. The second kappa shape index (κ2) is 10.5. The van der Waals surface area contributed by atoms with Crippen molar-refractivity contribution in [1.82, 2.24) is 5.32 Å². The smallest absolute Gasteiger partial charge is 0.227 e. The Morgan fingerprint density at radius 2 is 1.66 bits per heavy atom. The molecule has 0 fully saturated rings. The maximum atomic E-state index is 12.7. The second-order valence-electron chi connectivity index (χ2n) is 7.52. The van der Waals surface area contributed by atoms with E-state index in [1.165, 1.54) is 0 Å². The lowest BCUT2D eigenvalue weighted by atomic mass is 10.1. The maximum absolute atomic E-state index is 12.7. The molecule has 0 aliphatic carbocycles. The van der Waals surface area contributed by atoms with Crippen LogP contribution in [0.15, 0.2) is 78.9 Å². The van der Waals surface area contributed by atoms with Crippen molar-refractivity contribution in [1.29, 1.82) is 0 Å². The fraction of sp³-hybridized carbons (Fsp3) is 0.231.